The molecule has 2 N–H and O–H groups in total. The van der Waals surface area contributed by atoms with Gasteiger partial charge in [-0.05, 0) is 29.5 Å². The Morgan fingerprint density at radius 2 is 2.18 bits per heavy atom. The first-order chi connectivity index (χ1) is 8.33. The highest BCUT2D eigenvalue weighted by atomic mass is 16.5. The van der Waals surface area contributed by atoms with Crippen LogP contribution in [-0.4, -0.2) is 33.4 Å². The fourth-order valence-corrected chi connectivity index (χ4v) is 1.54. The van der Waals surface area contributed by atoms with Gasteiger partial charge in [-0.25, -0.2) is 4.68 Å². The van der Waals surface area contributed by atoms with Gasteiger partial charge in [0.15, 0.2) is 5.82 Å². The number of hydrogen-bond donors (Lipinski definition) is 1. The molecule has 17 heavy (non-hydrogen) atoms. The minimum Gasteiger partial charge on any atom is -0.398 e. The van der Waals surface area contributed by atoms with Crippen molar-refractivity contribution in [1.29, 1.82) is 0 Å². The van der Waals surface area contributed by atoms with E-state index in [-0.39, 0.29) is 0 Å². The summed E-state index contributed by atoms with van der Waals surface area (Å²) in [6, 6.07) is 7.52. The highest BCUT2D eigenvalue weighted by Gasteiger charge is 2.10. The van der Waals surface area contributed by atoms with Gasteiger partial charge in [-0.15, -0.1) is 5.10 Å². The highest BCUT2D eigenvalue weighted by molar-refractivity contribution is 5.70. The molecule has 0 aliphatic rings. The first-order valence-corrected chi connectivity index (χ1v) is 5.51. The number of nitrogens with two attached hydrogens (primary N) is 1. The van der Waals surface area contributed by atoms with E-state index in [0.717, 1.165) is 5.56 Å². The molecule has 0 bridgehead atoms. The Bertz CT molecular complexity index is 482. The lowest BCUT2D eigenvalue weighted by Crippen LogP contribution is -2.09. The topological polar surface area (TPSA) is 78.8 Å². The second kappa shape index (κ2) is 5.40. The highest BCUT2D eigenvalue weighted by Crippen LogP contribution is 2.22. The summed E-state index contributed by atoms with van der Waals surface area (Å²) in [6.07, 6.45) is 0. The van der Waals surface area contributed by atoms with E-state index in [1.165, 1.54) is 0 Å². The fraction of sp³-hybridized carbons (Fsp3) is 0.364. The Morgan fingerprint density at radius 3 is 2.94 bits per heavy atom. The molecule has 1 aromatic carbocycles. The average Bonchev–Trinajstić information content (AvgIpc) is 2.78. The monoisotopic (exact) mass is 233 g/mol. The molecular formula is C11H15N5O. The van der Waals surface area contributed by atoms with Crippen LogP contribution in [0.25, 0.3) is 11.4 Å². The first kappa shape index (κ1) is 11.5. The summed E-state index contributed by atoms with van der Waals surface area (Å²) >= 11 is 0. The summed E-state index contributed by atoms with van der Waals surface area (Å²) in [7, 11) is 0. The Labute approximate surface area is 99.4 Å². The molecule has 2 aromatic rings. The Kier molecular flexibility index (Phi) is 3.66. The third kappa shape index (κ3) is 2.59. The van der Waals surface area contributed by atoms with E-state index < -0.39 is 0 Å². The van der Waals surface area contributed by atoms with Crippen LogP contribution in [0.2, 0.25) is 0 Å². The van der Waals surface area contributed by atoms with Gasteiger partial charge in [0.1, 0.15) is 0 Å². The largest absolute Gasteiger partial charge is 0.398 e. The molecule has 2 rings (SSSR count). The molecule has 0 aliphatic carbocycles. The normalized spacial score (nSPS) is 10.6. The van der Waals surface area contributed by atoms with E-state index >= 15 is 0 Å². The molecule has 0 unspecified atom stereocenters. The summed E-state index contributed by atoms with van der Waals surface area (Å²) in [6.45, 7) is 3.84. The number of aromatic nitrogens is 4. The van der Waals surface area contributed by atoms with Crippen LogP contribution >= 0.6 is 0 Å². The molecule has 1 heterocycles. The smallest absolute Gasteiger partial charge is 0.184 e. The van der Waals surface area contributed by atoms with Gasteiger partial charge in [0.2, 0.25) is 0 Å². The van der Waals surface area contributed by atoms with Crippen LogP contribution in [0.5, 0.6) is 0 Å². The molecule has 0 amide bonds. The van der Waals surface area contributed by atoms with Crippen molar-refractivity contribution in [2.45, 2.75) is 13.5 Å². The van der Waals surface area contributed by atoms with E-state index in [2.05, 4.69) is 15.5 Å². The predicted octanol–water partition coefficient (Wildman–Crippen LogP) is 0.959. The van der Waals surface area contributed by atoms with Gasteiger partial charge in [-0.2, -0.15) is 0 Å². The zero-order valence-corrected chi connectivity index (χ0v) is 9.71. The van der Waals surface area contributed by atoms with Crippen LogP contribution in [0.4, 0.5) is 5.69 Å². The SMILES string of the molecule is CCOCCn1nnnc1-c1ccccc1N. The van der Waals surface area contributed by atoms with E-state index in [4.69, 9.17) is 10.5 Å². The minimum absolute atomic E-state index is 0.585. The van der Waals surface area contributed by atoms with Gasteiger partial charge in [0.25, 0.3) is 0 Å². The van der Waals surface area contributed by atoms with Gasteiger partial charge < -0.3 is 10.5 Å². The van der Waals surface area contributed by atoms with E-state index in [0.29, 0.717) is 31.3 Å². The molecule has 0 atom stereocenters. The standard InChI is InChI=1S/C11H15N5O/c1-2-17-8-7-16-11(13-14-15-16)9-5-3-4-6-10(9)12/h3-6H,2,7-8,12H2,1H3. The third-order valence-electron chi connectivity index (χ3n) is 2.39. The van der Waals surface area contributed by atoms with Crippen LogP contribution < -0.4 is 5.73 Å². The molecule has 0 fully saturated rings. The van der Waals surface area contributed by atoms with Crippen molar-refractivity contribution in [3.8, 4) is 11.4 Å². The lowest BCUT2D eigenvalue weighted by atomic mass is 10.2. The zero-order chi connectivity index (χ0) is 12.1. The molecule has 0 spiro atoms. The number of nitrogens with zero attached hydrogens (tertiary/aromatic N) is 4. The van der Waals surface area contributed by atoms with Crippen molar-refractivity contribution in [2.75, 3.05) is 18.9 Å². The molecule has 0 saturated heterocycles. The molecule has 90 valence electrons. The zero-order valence-electron chi connectivity index (χ0n) is 9.71. The number of benzene rings is 1. The maximum atomic E-state index is 5.90. The minimum atomic E-state index is 0.585. The predicted molar refractivity (Wildman–Crippen MR) is 64.2 cm³/mol. The molecule has 0 saturated carbocycles. The number of nitrogen functional groups attached to an aromatic ring is 1. The summed E-state index contributed by atoms with van der Waals surface area (Å²) in [4.78, 5) is 0. The van der Waals surface area contributed by atoms with Crippen LogP contribution in [0.1, 0.15) is 6.92 Å². The van der Waals surface area contributed by atoms with E-state index in [9.17, 15) is 0 Å². The van der Waals surface area contributed by atoms with Crippen molar-refractivity contribution < 1.29 is 4.74 Å². The van der Waals surface area contributed by atoms with Gasteiger partial charge in [-0.3, -0.25) is 0 Å². The molecule has 0 radical (unpaired) electrons. The summed E-state index contributed by atoms with van der Waals surface area (Å²) in [5.41, 5.74) is 7.40. The Balaban J connectivity index is 2.22. The molecule has 0 aliphatic heterocycles. The molecule has 6 heteroatoms. The van der Waals surface area contributed by atoms with Crippen molar-refractivity contribution in [1.82, 2.24) is 20.2 Å². The second-order valence-corrected chi connectivity index (χ2v) is 3.51. The van der Waals surface area contributed by atoms with Gasteiger partial charge >= 0.3 is 0 Å². The summed E-state index contributed by atoms with van der Waals surface area (Å²) in [5.74, 6) is 0.669. The molecule has 1 aromatic heterocycles. The van der Waals surface area contributed by atoms with E-state index in [1.54, 1.807) is 4.68 Å². The van der Waals surface area contributed by atoms with Crippen molar-refractivity contribution >= 4 is 5.69 Å². The Morgan fingerprint density at radius 1 is 1.35 bits per heavy atom. The average molecular weight is 233 g/mol. The number of hydrogen-bond acceptors (Lipinski definition) is 5. The lowest BCUT2D eigenvalue weighted by molar-refractivity contribution is 0.136. The number of ether oxygens (including phenoxy) is 1. The van der Waals surface area contributed by atoms with Crippen molar-refractivity contribution in [2.24, 2.45) is 0 Å². The maximum absolute atomic E-state index is 5.90. The van der Waals surface area contributed by atoms with Gasteiger partial charge in [-0.1, -0.05) is 12.1 Å². The van der Waals surface area contributed by atoms with Crippen LogP contribution in [-0.2, 0) is 11.3 Å². The lowest BCUT2D eigenvalue weighted by Gasteiger charge is -2.06. The fourth-order valence-electron chi connectivity index (χ4n) is 1.54. The number of rotatable bonds is 5. The van der Waals surface area contributed by atoms with Crippen LogP contribution in [0.3, 0.4) is 0 Å². The van der Waals surface area contributed by atoms with Crippen LogP contribution in [0, 0.1) is 0 Å². The molecule has 6 nitrogen and oxygen atoms in total. The van der Waals surface area contributed by atoms with Gasteiger partial charge in [0, 0.05) is 17.9 Å². The van der Waals surface area contributed by atoms with Gasteiger partial charge in [0.05, 0.1) is 13.2 Å². The maximum Gasteiger partial charge on any atom is 0.184 e. The van der Waals surface area contributed by atoms with E-state index in [1.807, 2.05) is 31.2 Å². The third-order valence-corrected chi connectivity index (χ3v) is 2.39. The number of para-hydroxylation sites is 1. The second-order valence-electron chi connectivity index (χ2n) is 3.51. The summed E-state index contributed by atoms with van der Waals surface area (Å²) < 4.78 is 6.98. The van der Waals surface area contributed by atoms with Crippen molar-refractivity contribution in [3.63, 3.8) is 0 Å². The van der Waals surface area contributed by atoms with Crippen molar-refractivity contribution in [3.05, 3.63) is 24.3 Å². The quantitative estimate of drug-likeness (QED) is 0.614. The number of anilines is 1. The first-order valence-electron chi connectivity index (χ1n) is 5.51. The Hall–Kier alpha value is -1.95. The summed E-state index contributed by atoms with van der Waals surface area (Å²) in [5, 5.41) is 11.6. The molecular weight excluding hydrogens is 218 g/mol. The van der Waals surface area contributed by atoms with Crippen LogP contribution in [0.15, 0.2) is 24.3 Å². The number of tetrazole rings is 1.